The van der Waals surface area contributed by atoms with Crippen molar-refractivity contribution in [2.24, 2.45) is 0 Å². The summed E-state index contributed by atoms with van der Waals surface area (Å²) in [5.41, 5.74) is 1.22. The minimum Gasteiger partial charge on any atom is -0.467 e. The number of nitrogens with zero attached hydrogens (tertiary/aromatic N) is 2. The van der Waals surface area contributed by atoms with E-state index in [9.17, 15) is 9.59 Å². The molecular formula is C18H20ClN3O4. The van der Waals surface area contributed by atoms with Gasteiger partial charge in [-0.25, -0.2) is 9.59 Å². The molecule has 26 heavy (non-hydrogen) atoms. The maximum Gasteiger partial charge on any atom is 0.337 e. The minimum atomic E-state index is -0.404. The lowest BCUT2D eigenvalue weighted by Crippen LogP contribution is -2.51. The summed E-state index contributed by atoms with van der Waals surface area (Å²) in [6.45, 7) is 2.72. The number of esters is 1. The van der Waals surface area contributed by atoms with Gasteiger partial charge in [0.2, 0.25) is 0 Å². The van der Waals surface area contributed by atoms with E-state index in [1.807, 2.05) is 6.07 Å². The number of rotatable bonds is 4. The van der Waals surface area contributed by atoms with Gasteiger partial charge < -0.3 is 24.3 Å². The van der Waals surface area contributed by atoms with Gasteiger partial charge in [-0.05, 0) is 30.3 Å². The van der Waals surface area contributed by atoms with E-state index in [0.717, 1.165) is 5.69 Å². The van der Waals surface area contributed by atoms with Crippen molar-refractivity contribution in [2.75, 3.05) is 38.2 Å². The molecule has 0 aliphatic carbocycles. The Morgan fingerprint density at radius 2 is 2.00 bits per heavy atom. The van der Waals surface area contributed by atoms with Crippen LogP contribution in [0.3, 0.4) is 0 Å². The molecule has 1 N–H and O–H groups in total. The number of benzene rings is 1. The highest BCUT2D eigenvalue weighted by atomic mass is 35.5. The minimum absolute atomic E-state index is 0.129. The van der Waals surface area contributed by atoms with Crippen LogP contribution in [0, 0.1) is 0 Å². The zero-order valence-corrected chi connectivity index (χ0v) is 15.2. The molecule has 0 spiro atoms. The number of furan rings is 1. The van der Waals surface area contributed by atoms with Crippen molar-refractivity contribution in [2.45, 2.75) is 6.54 Å². The number of hydrogen-bond donors (Lipinski definition) is 1. The highest BCUT2D eigenvalue weighted by Crippen LogP contribution is 2.28. The molecule has 1 aromatic heterocycles. The smallest absolute Gasteiger partial charge is 0.337 e. The summed E-state index contributed by atoms with van der Waals surface area (Å²) < 4.78 is 9.96. The van der Waals surface area contributed by atoms with E-state index in [-0.39, 0.29) is 6.03 Å². The fourth-order valence-electron chi connectivity index (χ4n) is 2.84. The van der Waals surface area contributed by atoms with E-state index in [2.05, 4.69) is 10.2 Å². The van der Waals surface area contributed by atoms with E-state index in [1.54, 1.807) is 35.4 Å². The van der Waals surface area contributed by atoms with Crippen LogP contribution in [0.4, 0.5) is 10.5 Å². The van der Waals surface area contributed by atoms with Gasteiger partial charge in [-0.15, -0.1) is 0 Å². The number of carbonyl (C=O) groups excluding carboxylic acids is 2. The van der Waals surface area contributed by atoms with Gasteiger partial charge in [0.15, 0.2) is 0 Å². The molecule has 0 unspecified atom stereocenters. The number of halogens is 1. The Morgan fingerprint density at radius 1 is 1.23 bits per heavy atom. The van der Waals surface area contributed by atoms with Crippen molar-refractivity contribution in [3.05, 3.63) is 52.9 Å². The number of piperazine rings is 1. The maximum atomic E-state index is 12.3. The van der Waals surface area contributed by atoms with Gasteiger partial charge in [-0.3, -0.25) is 0 Å². The average molecular weight is 378 g/mol. The van der Waals surface area contributed by atoms with Gasteiger partial charge >= 0.3 is 12.0 Å². The molecule has 3 rings (SSSR count). The molecule has 2 amide bonds. The number of carbonyl (C=O) groups is 2. The van der Waals surface area contributed by atoms with Crippen molar-refractivity contribution in [3.63, 3.8) is 0 Å². The molecule has 2 heterocycles. The number of methoxy groups -OCH3 is 1. The predicted molar refractivity (Wildman–Crippen MR) is 97.5 cm³/mol. The molecule has 1 aliphatic rings. The molecule has 1 aromatic carbocycles. The van der Waals surface area contributed by atoms with E-state index in [1.165, 1.54) is 7.11 Å². The molecule has 0 radical (unpaired) electrons. The van der Waals surface area contributed by atoms with Crippen LogP contribution in [-0.2, 0) is 11.3 Å². The van der Waals surface area contributed by atoms with Crippen molar-refractivity contribution < 1.29 is 18.7 Å². The van der Waals surface area contributed by atoms with Gasteiger partial charge in [0, 0.05) is 26.2 Å². The molecule has 1 saturated heterocycles. The van der Waals surface area contributed by atoms with Crippen LogP contribution in [0.1, 0.15) is 16.1 Å². The summed E-state index contributed by atoms with van der Waals surface area (Å²) in [7, 11) is 1.34. The van der Waals surface area contributed by atoms with E-state index in [4.69, 9.17) is 20.8 Å². The van der Waals surface area contributed by atoms with Crippen molar-refractivity contribution in [1.29, 1.82) is 0 Å². The second kappa shape index (κ2) is 8.14. The Bertz CT molecular complexity index is 771. The zero-order valence-electron chi connectivity index (χ0n) is 14.4. The van der Waals surface area contributed by atoms with Crippen LogP contribution in [0.25, 0.3) is 0 Å². The number of ether oxygens (including phenoxy) is 1. The second-order valence-corrected chi connectivity index (χ2v) is 6.28. The molecule has 1 fully saturated rings. The maximum absolute atomic E-state index is 12.3. The first kappa shape index (κ1) is 18.1. The molecule has 1 aliphatic heterocycles. The molecular weight excluding hydrogens is 358 g/mol. The fraction of sp³-hybridized carbons (Fsp3) is 0.333. The van der Waals surface area contributed by atoms with Crippen LogP contribution < -0.4 is 10.2 Å². The largest absolute Gasteiger partial charge is 0.467 e. The van der Waals surface area contributed by atoms with E-state index in [0.29, 0.717) is 49.1 Å². The summed E-state index contributed by atoms with van der Waals surface area (Å²) in [6.07, 6.45) is 1.58. The average Bonchev–Trinajstić information content (AvgIpc) is 3.19. The monoisotopic (exact) mass is 377 g/mol. The first-order valence-electron chi connectivity index (χ1n) is 8.26. The van der Waals surface area contributed by atoms with Crippen LogP contribution in [0.15, 0.2) is 41.0 Å². The van der Waals surface area contributed by atoms with E-state index < -0.39 is 5.97 Å². The Balaban J connectivity index is 1.58. The highest BCUT2D eigenvalue weighted by Gasteiger charge is 2.23. The van der Waals surface area contributed by atoms with Gasteiger partial charge in [0.05, 0.1) is 36.2 Å². The lowest BCUT2D eigenvalue weighted by molar-refractivity contribution is 0.0600. The highest BCUT2D eigenvalue weighted by molar-refractivity contribution is 6.33. The summed E-state index contributed by atoms with van der Waals surface area (Å²) in [5, 5.41) is 3.40. The summed E-state index contributed by atoms with van der Waals surface area (Å²) in [5.74, 6) is 0.308. The molecule has 0 atom stereocenters. The molecule has 7 nitrogen and oxygen atoms in total. The molecule has 8 heteroatoms. The summed E-state index contributed by atoms with van der Waals surface area (Å²) in [6, 6.07) is 8.51. The van der Waals surface area contributed by atoms with Crippen LogP contribution in [0.5, 0.6) is 0 Å². The quantitative estimate of drug-likeness (QED) is 0.829. The number of amides is 2. The number of hydrogen-bond acceptors (Lipinski definition) is 5. The van der Waals surface area contributed by atoms with Crippen LogP contribution in [-0.4, -0.2) is 50.2 Å². The van der Waals surface area contributed by atoms with Gasteiger partial charge in [0.25, 0.3) is 0 Å². The molecule has 0 bridgehead atoms. The van der Waals surface area contributed by atoms with Gasteiger partial charge in [-0.1, -0.05) is 11.6 Å². The van der Waals surface area contributed by atoms with Crippen molar-refractivity contribution >= 4 is 29.3 Å². The predicted octanol–water partition coefficient (Wildman–Crippen LogP) is 2.75. The Morgan fingerprint density at radius 3 is 2.65 bits per heavy atom. The normalized spacial score (nSPS) is 14.2. The molecule has 0 saturated carbocycles. The van der Waals surface area contributed by atoms with Crippen LogP contribution in [0.2, 0.25) is 5.02 Å². The first-order chi connectivity index (χ1) is 12.6. The summed E-state index contributed by atoms with van der Waals surface area (Å²) in [4.78, 5) is 27.8. The lowest BCUT2D eigenvalue weighted by atomic mass is 10.1. The lowest BCUT2D eigenvalue weighted by Gasteiger charge is -2.36. The zero-order chi connectivity index (χ0) is 18.5. The van der Waals surface area contributed by atoms with Gasteiger partial charge in [0.1, 0.15) is 5.76 Å². The van der Waals surface area contributed by atoms with E-state index >= 15 is 0 Å². The first-order valence-corrected chi connectivity index (χ1v) is 8.64. The Labute approximate surface area is 156 Å². The Hall–Kier alpha value is -2.67. The number of urea groups is 1. The van der Waals surface area contributed by atoms with Crippen molar-refractivity contribution in [1.82, 2.24) is 10.2 Å². The summed E-state index contributed by atoms with van der Waals surface area (Å²) >= 11 is 6.29. The second-order valence-electron chi connectivity index (χ2n) is 5.87. The SMILES string of the molecule is COC(=O)c1ccc(Cl)c(N2CCN(C(=O)NCc3ccco3)CC2)c1. The molecule has 2 aromatic rings. The fourth-order valence-corrected chi connectivity index (χ4v) is 3.08. The van der Waals surface area contributed by atoms with Crippen molar-refractivity contribution in [3.8, 4) is 0 Å². The number of nitrogens with one attached hydrogen (secondary N) is 1. The standard InChI is InChI=1S/C18H20ClN3O4/c1-25-17(23)13-4-5-15(19)16(11-13)21-6-8-22(9-7-21)18(24)20-12-14-3-2-10-26-14/h2-5,10-11H,6-9,12H2,1H3,(H,20,24). The van der Waals surface area contributed by atoms with Gasteiger partial charge in [-0.2, -0.15) is 0 Å². The van der Waals surface area contributed by atoms with Crippen LogP contribution >= 0.6 is 11.6 Å². The number of anilines is 1. The third-order valence-electron chi connectivity index (χ3n) is 4.27. The third-order valence-corrected chi connectivity index (χ3v) is 4.59. The third kappa shape index (κ3) is 4.11. The topological polar surface area (TPSA) is 75.0 Å². The Kier molecular flexibility index (Phi) is 5.68. The molecule has 138 valence electrons.